The van der Waals surface area contributed by atoms with Crippen LogP contribution in [0.4, 0.5) is 0 Å². The maximum atomic E-state index is 6.09. The fraction of sp³-hybridized carbons (Fsp3) is 0.333. The normalized spacial score (nSPS) is 10.9. The van der Waals surface area contributed by atoms with E-state index in [0.29, 0.717) is 6.54 Å². The maximum Gasteiger partial charge on any atom is 0.0409 e. The largest absolute Gasteiger partial charge is 0.326 e. The van der Waals surface area contributed by atoms with Gasteiger partial charge in [-0.3, -0.25) is 0 Å². The molecule has 1 nitrogen and oxygen atoms in total. The Labute approximate surface area is 126 Å². The lowest BCUT2D eigenvalue weighted by Crippen LogP contribution is -2.04. The minimum atomic E-state index is 0.501. The minimum Gasteiger partial charge on any atom is -0.326 e. The highest BCUT2D eigenvalue weighted by atomic mass is 35.5. The fourth-order valence-corrected chi connectivity index (χ4v) is 3.07. The molecule has 0 aliphatic carbocycles. The van der Waals surface area contributed by atoms with E-state index in [9.17, 15) is 0 Å². The van der Waals surface area contributed by atoms with Gasteiger partial charge in [-0.15, -0.1) is 0 Å². The average Bonchev–Trinajstić information content (AvgIpc) is 2.44. The molecule has 2 aromatic carbocycles. The predicted molar refractivity (Wildman–Crippen MR) is 88.5 cm³/mol. The Balaban J connectivity index is 2.83. The Morgan fingerprint density at radius 1 is 0.850 bits per heavy atom. The van der Waals surface area contributed by atoms with Crippen LogP contribution in [0, 0.1) is 34.6 Å². The summed E-state index contributed by atoms with van der Waals surface area (Å²) >= 11 is 6.09. The first-order chi connectivity index (χ1) is 9.38. The lowest BCUT2D eigenvalue weighted by Gasteiger charge is -2.20. The Morgan fingerprint density at radius 2 is 1.35 bits per heavy atom. The molecular weight excluding hydrogens is 266 g/mol. The molecule has 2 heteroatoms. The van der Waals surface area contributed by atoms with Gasteiger partial charge in [-0.05, 0) is 91.3 Å². The highest BCUT2D eigenvalue weighted by molar-refractivity contribution is 6.30. The van der Waals surface area contributed by atoms with E-state index < -0.39 is 0 Å². The van der Waals surface area contributed by atoms with Crippen LogP contribution in [0.2, 0.25) is 5.02 Å². The topological polar surface area (TPSA) is 26.0 Å². The third kappa shape index (κ3) is 2.36. The Kier molecular flexibility index (Phi) is 4.22. The lowest BCUT2D eigenvalue weighted by molar-refractivity contribution is 1.07. The molecule has 0 radical (unpaired) electrons. The molecule has 2 aromatic rings. The third-order valence-electron chi connectivity index (χ3n) is 4.56. The molecule has 0 aliphatic rings. The third-order valence-corrected chi connectivity index (χ3v) is 4.79. The quantitative estimate of drug-likeness (QED) is 0.826. The van der Waals surface area contributed by atoms with Crippen LogP contribution in [0.3, 0.4) is 0 Å². The van der Waals surface area contributed by atoms with Gasteiger partial charge in [-0.25, -0.2) is 0 Å². The summed E-state index contributed by atoms with van der Waals surface area (Å²) in [6.45, 7) is 11.5. The molecule has 0 heterocycles. The molecule has 0 atom stereocenters. The van der Waals surface area contributed by atoms with Crippen LogP contribution in [-0.2, 0) is 6.54 Å². The van der Waals surface area contributed by atoms with Gasteiger partial charge in [0.2, 0.25) is 0 Å². The minimum absolute atomic E-state index is 0.501. The molecule has 0 amide bonds. The van der Waals surface area contributed by atoms with Gasteiger partial charge in [0.25, 0.3) is 0 Å². The number of hydrogen-bond donors (Lipinski definition) is 1. The number of hydrogen-bond acceptors (Lipinski definition) is 1. The first kappa shape index (κ1) is 15.1. The molecule has 20 heavy (non-hydrogen) atoms. The molecule has 2 rings (SSSR count). The second kappa shape index (κ2) is 5.59. The van der Waals surface area contributed by atoms with Crippen molar-refractivity contribution in [3.63, 3.8) is 0 Å². The van der Waals surface area contributed by atoms with E-state index in [4.69, 9.17) is 17.3 Å². The van der Waals surface area contributed by atoms with Gasteiger partial charge in [-0.1, -0.05) is 17.7 Å². The monoisotopic (exact) mass is 287 g/mol. The van der Waals surface area contributed by atoms with Gasteiger partial charge in [-0.2, -0.15) is 0 Å². The zero-order chi connectivity index (χ0) is 15.0. The molecule has 0 saturated carbocycles. The van der Waals surface area contributed by atoms with Crippen molar-refractivity contribution in [2.75, 3.05) is 0 Å². The molecule has 0 fully saturated rings. The molecule has 2 N–H and O–H groups in total. The van der Waals surface area contributed by atoms with Crippen LogP contribution in [0.5, 0.6) is 0 Å². The second-order valence-electron chi connectivity index (χ2n) is 5.51. The van der Waals surface area contributed by atoms with E-state index in [1.54, 1.807) is 0 Å². The van der Waals surface area contributed by atoms with Crippen molar-refractivity contribution in [3.05, 3.63) is 56.6 Å². The zero-order valence-corrected chi connectivity index (χ0v) is 13.7. The van der Waals surface area contributed by atoms with Crippen LogP contribution in [0.25, 0.3) is 11.1 Å². The summed E-state index contributed by atoms with van der Waals surface area (Å²) in [4.78, 5) is 0. The van der Waals surface area contributed by atoms with E-state index in [0.717, 1.165) is 10.6 Å². The second-order valence-corrected chi connectivity index (χ2v) is 5.94. The Hall–Kier alpha value is -1.31. The first-order valence-electron chi connectivity index (χ1n) is 6.94. The Morgan fingerprint density at radius 3 is 1.85 bits per heavy atom. The molecular formula is C18H22ClN. The Bertz CT molecular complexity index is 643. The average molecular weight is 288 g/mol. The summed E-state index contributed by atoms with van der Waals surface area (Å²) in [7, 11) is 0. The molecule has 0 saturated heterocycles. The molecule has 0 bridgehead atoms. The SMILES string of the molecule is Cc1c(C)c(C)c(-c2ccc(Cl)cc2CN)c(C)c1C. The van der Waals surface area contributed by atoms with Gasteiger partial charge < -0.3 is 5.73 Å². The van der Waals surface area contributed by atoms with Crippen LogP contribution < -0.4 is 5.73 Å². The number of halogens is 1. The van der Waals surface area contributed by atoms with Crippen molar-refractivity contribution >= 4 is 11.6 Å². The van der Waals surface area contributed by atoms with E-state index in [1.165, 1.54) is 38.9 Å². The van der Waals surface area contributed by atoms with Crippen LogP contribution in [0.15, 0.2) is 18.2 Å². The molecule has 106 valence electrons. The van der Waals surface area contributed by atoms with E-state index in [2.05, 4.69) is 40.7 Å². The van der Waals surface area contributed by atoms with Gasteiger partial charge in [0, 0.05) is 11.6 Å². The number of rotatable bonds is 2. The van der Waals surface area contributed by atoms with E-state index >= 15 is 0 Å². The summed E-state index contributed by atoms with van der Waals surface area (Å²) < 4.78 is 0. The summed E-state index contributed by atoms with van der Waals surface area (Å²) in [6.07, 6.45) is 0. The molecule has 0 unspecified atom stereocenters. The van der Waals surface area contributed by atoms with Crippen LogP contribution >= 0.6 is 11.6 Å². The van der Waals surface area contributed by atoms with Crippen LogP contribution in [-0.4, -0.2) is 0 Å². The summed E-state index contributed by atoms with van der Waals surface area (Å²) in [5, 5.41) is 0.741. The van der Waals surface area contributed by atoms with Crippen molar-refractivity contribution in [1.82, 2.24) is 0 Å². The first-order valence-corrected chi connectivity index (χ1v) is 7.32. The molecule has 0 spiro atoms. The summed E-state index contributed by atoms with van der Waals surface area (Å²) in [5.74, 6) is 0. The van der Waals surface area contributed by atoms with Gasteiger partial charge in [0.15, 0.2) is 0 Å². The predicted octanol–water partition coefficient (Wildman–Crippen LogP) is 5.01. The smallest absolute Gasteiger partial charge is 0.0409 e. The molecule has 0 aromatic heterocycles. The lowest BCUT2D eigenvalue weighted by atomic mass is 9.85. The highest BCUT2D eigenvalue weighted by Gasteiger charge is 2.16. The fourth-order valence-electron chi connectivity index (χ4n) is 2.88. The molecule has 0 aliphatic heterocycles. The van der Waals surface area contributed by atoms with E-state index in [-0.39, 0.29) is 0 Å². The highest BCUT2D eigenvalue weighted by Crippen LogP contribution is 2.36. The number of nitrogens with two attached hydrogens (primary N) is 1. The maximum absolute atomic E-state index is 6.09. The van der Waals surface area contributed by atoms with Gasteiger partial charge >= 0.3 is 0 Å². The van der Waals surface area contributed by atoms with Gasteiger partial charge in [0.05, 0.1) is 0 Å². The summed E-state index contributed by atoms with van der Waals surface area (Å²) in [6, 6.07) is 6.01. The summed E-state index contributed by atoms with van der Waals surface area (Å²) in [5.41, 5.74) is 16.3. The van der Waals surface area contributed by atoms with E-state index in [1.807, 2.05) is 12.1 Å². The number of benzene rings is 2. The van der Waals surface area contributed by atoms with Crippen molar-refractivity contribution in [2.24, 2.45) is 5.73 Å². The van der Waals surface area contributed by atoms with Gasteiger partial charge in [0.1, 0.15) is 0 Å². The van der Waals surface area contributed by atoms with Crippen molar-refractivity contribution in [3.8, 4) is 11.1 Å². The standard InChI is InChI=1S/C18H22ClN/c1-10-11(2)13(4)18(14(5)12(10)3)17-7-6-16(19)8-15(17)9-20/h6-8H,9,20H2,1-5H3. The zero-order valence-electron chi connectivity index (χ0n) is 12.9. The van der Waals surface area contributed by atoms with Crippen molar-refractivity contribution in [1.29, 1.82) is 0 Å². The van der Waals surface area contributed by atoms with Crippen molar-refractivity contribution in [2.45, 2.75) is 41.2 Å². The van der Waals surface area contributed by atoms with Crippen LogP contribution in [0.1, 0.15) is 33.4 Å². The van der Waals surface area contributed by atoms with Crippen molar-refractivity contribution < 1.29 is 0 Å².